The van der Waals surface area contributed by atoms with E-state index in [1.54, 1.807) is 12.3 Å². The van der Waals surface area contributed by atoms with Gasteiger partial charge in [-0.25, -0.2) is 0 Å². The van der Waals surface area contributed by atoms with Crippen LogP contribution in [0.25, 0.3) is 0 Å². The van der Waals surface area contributed by atoms with Crippen molar-refractivity contribution < 1.29 is 9.47 Å². The molecule has 10 heavy (non-hydrogen) atoms. The van der Waals surface area contributed by atoms with Crippen LogP contribution in [0.15, 0.2) is 24.5 Å². The van der Waals surface area contributed by atoms with E-state index in [4.69, 9.17) is 21.1 Å². The third-order valence-electron chi connectivity index (χ3n) is 1.03. The topological polar surface area (TPSA) is 18.5 Å². The molecule has 0 radical (unpaired) electrons. The van der Waals surface area contributed by atoms with Gasteiger partial charge in [0.05, 0.1) is 12.9 Å². The molecule has 0 N–H and O–H groups in total. The first-order valence-electron chi connectivity index (χ1n) is 3.10. The number of hydrogen-bond acceptors (Lipinski definition) is 2. The van der Waals surface area contributed by atoms with Gasteiger partial charge in [0.2, 0.25) is 6.29 Å². The average molecular weight is 161 g/mol. The van der Waals surface area contributed by atoms with Crippen molar-refractivity contribution in [1.29, 1.82) is 0 Å². The smallest absolute Gasteiger partial charge is 0.219 e. The Labute approximate surface area is 65.1 Å². The fourth-order valence-corrected chi connectivity index (χ4v) is 0.713. The molecule has 1 aliphatic rings. The number of allylic oxidation sites excluding steroid dienone is 2. The van der Waals surface area contributed by atoms with Crippen LogP contribution in [0.1, 0.15) is 0 Å². The maximum Gasteiger partial charge on any atom is 0.219 e. The standard InChI is InChI=1S/C7H9ClO2/c8-4-6-10-7-3-1-2-5-9-7/h1-3,5,7H,4,6H2. The molecule has 1 heterocycles. The summed E-state index contributed by atoms with van der Waals surface area (Å²) in [6.45, 7) is 0.518. The predicted molar refractivity (Wildman–Crippen MR) is 39.8 cm³/mol. The summed E-state index contributed by atoms with van der Waals surface area (Å²) in [7, 11) is 0. The van der Waals surface area contributed by atoms with Crippen LogP contribution in [0.4, 0.5) is 0 Å². The minimum absolute atomic E-state index is 0.247. The Morgan fingerprint density at radius 1 is 1.50 bits per heavy atom. The minimum atomic E-state index is -0.247. The number of alkyl halides is 1. The summed E-state index contributed by atoms with van der Waals surface area (Å²) in [6, 6.07) is 0. The highest BCUT2D eigenvalue weighted by Gasteiger charge is 2.03. The first-order chi connectivity index (χ1) is 4.93. The van der Waals surface area contributed by atoms with Gasteiger partial charge in [-0.3, -0.25) is 0 Å². The Morgan fingerprint density at radius 2 is 2.40 bits per heavy atom. The SMILES string of the molecule is ClCCOC1C=CC=CO1. The molecule has 56 valence electrons. The molecule has 0 aromatic carbocycles. The van der Waals surface area contributed by atoms with Crippen LogP contribution < -0.4 is 0 Å². The monoisotopic (exact) mass is 160 g/mol. The highest BCUT2D eigenvalue weighted by Crippen LogP contribution is 2.03. The minimum Gasteiger partial charge on any atom is -0.469 e. The van der Waals surface area contributed by atoms with Gasteiger partial charge in [-0.15, -0.1) is 11.6 Å². The Hall–Kier alpha value is -0.470. The van der Waals surface area contributed by atoms with Crippen molar-refractivity contribution in [3.63, 3.8) is 0 Å². The van der Waals surface area contributed by atoms with Gasteiger partial charge in [0, 0.05) is 5.88 Å². The summed E-state index contributed by atoms with van der Waals surface area (Å²) in [5.41, 5.74) is 0. The van der Waals surface area contributed by atoms with Crippen LogP contribution in [-0.2, 0) is 9.47 Å². The molecule has 0 aromatic heterocycles. The van der Waals surface area contributed by atoms with Crippen molar-refractivity contribution in [3.05, 3.63) is 24.5 Å². The van der Waals surface area contributed by atoms with Crippen molar-refractivity contribution in [2.45, 2.75) is 6.29 Å². The van der Waals surface area contributed by atoms with Gasteiger partial charge in [0.25, 0.3) is 0 Å². The third kappa shape index (κ3) is 2.42. The van der Waals surface area contributed by atoms with E-state index in [0.29, 0.717) is 12.5 Å². The largest absolute Gasteiger partial charge is 0.469 e. The third-order valence-corrected chi connectivity index (χ3v) is 1.18. The molecule has 0 aromatic rings. The van der Waals surface area contributed by atoms with Gasteiger partial charge in [0.1, 0.15) is 0 Å². The molecule has 0 bridgehead atoms. The number of hydrogen-bond donors (Lipinski definition) is 0. The number of ether oxygens (including phenoxy) is 2. The average Bonchev–Trinajstić information content (AvgIpc) is 2.03. The van der Waals surface area contributed by atoms with Crippen molar-refractivity contribution in [1.82, 2.24) is 0 Å². The molecular weight excluding hydrogens is 152 g/mol. The molecule has 1 aliphatic heterocycles. The quantitative estimate of drug-likeness (QED) is 0.585. The Morgan fingerprint density at radius 3 is 3.00 bits per heavy atom. The van der Waals surface area contributed by atoms with Crippen molar-refractivity contribution in [2.24, 2.45) is 0 Å². The fraction of sp³-hybridized carbons (Fsp3) is 0.429. The summed E-state index contributed by atoms with van der Waals surface area (Å²) in [6.07, 6.45) is 6.86. The molecular formula is C7H9ClO2. The molecule has 2 nitrogen and oxygen atoms in total. The summed E-state index contributed by atoms with van der Waals surface area (Å²) < 4.78 is 10.2. The molecule has 0 saturated heterocycles. The van der Waals surface area contributed by atoms with Gasteiger partial charge in [-0.05, 0) is 12.2 Å². The maximum absolute atomic E-state index is 5.40. The van der Waals surface area contributed by atoms with Crippen molar-refractivity contribution in [3.8, 4) is 0 Å². The Balaban J connectivity index is 2.17. The molecule has 1 rings (SSSR count). The van der Waals surface area contributed by atoms with Gasteiger partial charge >= 0.3 is 0 Å². The first-order valence-corrected chi connectivity index (χ1v) is 3.63. The van der Waals surface area contributed by atoms with Crippen LogP contribution in [0.2, 0.25) is 0 Å². The van der Waals surface area contributed by atoms with E-state index in [2.05, 4.69) is 0 Å². The van der Waals surface area contributed by atoms with E-state index < -0.39 is 0 Å². The van der Waals surface area contributed by atoms with Crippen LogP contribution in [0, 0.1) is 0 Å². The lowest BCUT2D eigenvalue weighted by Gasteiger charge is -2.14. The highest BCUT2D eigenvalue weighted by atomic mass is 35.5. The molecule has 1 atom stereocenters. The zero-order valence-corrected chi connectivity index (χ0v) is 6.25. The summed E-state index contributed by atoms with van der Waals surface area (Å²) >= 11 is 5.40. The fourth-order valence-electron chi connectivity index (χ4n) is 0.624. The lowest BCUT2D eigenvalue weighted by atomic mass is 10.4. The van der Waals surface area contributed by atoms with E-state index in [0.717, 1.165) is 0 Å². The second-order valence-electron chi connectivity index (χ2n) is 1.78. The lowest BCUT2D eigenvalue weighted by molar-refractivity contribution is -0.0683. The first kappa shape index (κ1) is 7.63. The van der Waals surface area contributed by atoms with Crippen LogP contribution in [-0.4, -0.2) is 18.8 Å². The van der Waals surface area contributed by atoms with Crippen LogP contribution in [0.3, 0.4) is 0 Å². The Kier molecular flexibility index (Phi) is 3.33. The van der Waals surface area contributed by atoms with Gasteiger partial charge in [0.15, 0.2) is 0 Å². The van der Waals surface area contributed by atoms with Gasteiger partial charge in [-0.1, -0.05) is 6.08 Å². The van der Waals surface area contributed by atoms with Crippen molar-refractivity contribution in [2.75, 3.05) is 12.5 Å². The van der Waals surface area contributed by atoms with E-state index in [9.17, 15) is 0 Å². The second kappa shape index (κ2) is 4.36. The Bertz CT molecular complexity index is 143. The van der Waals surface area contributed by atoms with Crippen LogP contribution >= 0.6 is 11.6 Å². The predicted octanol–water partition coefficient (Wildman–Crippen LogP) is 1.67. The van der Waals surface area contributed by atoms with Gasteiger partial charge < -0.3 is 9.47 Å². The van der Waals surface area contributed by atoms with Gasteiger partial charge in [-0.2, -0.15) is 0 Å². The molecule has 3 heteroatoms. The number of rotatable bonds is 3. The summed E-state index contributed by atoms with van der Waals surface area (Å²) in [5.74, 6) is 0.497. The number of halogens is 1. The van der Waals surface area contributed by atoms with E-state index in [-0.39, 0.29) is 6.29 Å². The second-order valence-corrected chi connectivity index (χ2v) is 2.16. The lowest BCUT2D eigenvalue weighted by Crippen LogP contribution is -2.14. The molecule has 0 spiro atoms. The van der Waals surface area contributed by atoms with Crippen molar-refractivity contribution >= 4 is 11.6 Å². The summed E-state index contributed by atoms with van der Waals surface area (Å²) in [5, 5.41) is 0. The molecule has 0 saturated carbocycles. The van der Waals surface area contributed by atoms with Crippen LogP contribution in [0.5, 0.6) is 0 Å². The molecule has 0 amide bonds. The maximum atomic E-state index is 5.40. The summed E-state index contributed by atoms with van der Waals surface area (Å²) in [4.78, 5) is 0. The molecule has 1 unspecified atom stereocenters. The van der Waals surface area contributed by atoms with E-state index in [1.807, 2.05) is 12.2 Å². The molecule has 0 aliphatic carbocycles. The molecule has 0 fully saturated rings. The van der Waals surface area contributed by atoms with E-state index in [1.165, 1.54) is 0 Å². The highest BCUT2D eigenvalue weighted by molar-refractivity contribution is 6.17. The zero-order valence-electron chi connectivity index (χ0n) is 5.50. The van der Waals surface area contributed by atoms with E-state index >= 15 is 0 Å². The zero-order chi connectivity index (χ0) is 7.23. The normalized spacial score (nSPS) is 22.7.